The normalized spacial score (nSPS) is 18.6. The zero-order valence-electron chi connectivity index (χ0n) is 11.7. The number of ether oxygens (including phenoxy) is 3. The molecule has 2 rings (SSSR count). The Bertz CT molecular complexity index is 437. The highest BCUT2D eigenvalue weighted by Gasteiger charge is 2.18. The van der Waals surface area contributed by atoms with Gasteiger partial charge >= 0.3 is 0 Å². The third-order valence-corrected chi connectivity index (χ3v) is 3.41. The topological polar surface area (TPSA) is 60.3 Å². The number of rotatable bonds is 6. The molecular weight excluding hydrogens is 258 g/mol. The number of hydrogen-bond donors (Lipinski definition) is 1. The average molecular weight is 279 g/mol. The van der Waals surface area contributed by atoms with Crippen molar-refractivity contribution in [2.45, 2.75) is 31.8 Å². The fourth-order valence-corrected chi connectivity index (χ4v) is 2.30. The van der Waals surface area contributed by atoms with Gasteiger partial charge in [-0.3, -0.25) is 0 Å². The number of oxime groups is 1. The fourth-order valence-electron chi connectivity index (χ4n) is 2.30. The van der Waals surface area contributed by atoms with Crippen molar-refractivity contribution < 1.29 is 19.4 Å². The van der Waals surface area contributed by atoms with E-state index in [1.807, 2.05) is 24.3 Å². The summed E-state index contributed by atoms with van der Waals surface area (Å²) in [6.45, 7) is 1.05. The molecule has 0 saturated heterocycles. The molecule has 1 aromatic rings. The second kappa shape index (κ2) is 7.75. The third-order valence-electron chi connectivity index (χ3n) is 3.41. The highest BCUT2D eigenvalue weighted by Crippen LogP contribution is 2.25. The standard InChI is InChI=1S/C15H21NO4/c1-18-14-4-2-3-5-15(14)20-11-10-19-13-8-6-12(16-17)7-9-13/h2-5,13,17H,6-11H2,1H3. The van der Waals surface area contributed by atoms with Gasteiger partial charge in [-0.15, -0.1) is 0 Å². The van der Waals surface area contributed by atoms with Crippen LogP contribution in [0.5, 0.6) is 11.5 Å². The van der Waals surface area contributed by atoms with Crippen molar-refractivity contribution in [3.8, 4) is 11.5 Å². The van der Waals surface area contributed by atoms with Gasteiger partial charge in [-0.25, -0.2) is 0 Å². The Labute approximate surface area is 119 Å². The maximum absolute atomic E-state index is 8.68. The summed E-state index contributed by atoms with van der Waals surface area (Å²) in [4.78, 5) is 0. The molecule has 0 bridgehead atoms. The van der Waals surface area contributed by atoms with Crippen LogP contribution in [0.25, 0.3) is 0 Å². The van der Waals surface area contributed by atoms with Crippen LogP contribution in [0.15, 0.2) is 29.4 Å². The number of hydrogen-bond acceptors (Lipinski definition) is 5. The van der Waals surface area contributed by atoms with E-state index in [1.54, 1.807) is 7.11 Å². The van der Waals surface area contributed by atoms with Crippen LogP contribution in [0.3, 0.4) is 0 Å². The second-order valence-corrected chi connectivity index (χ2v) is 4.74. The van der Waals surface area contributed by atoms with Gasteiger partial charge in [0.05, 0.1) is 25.5 Å². The zero-order chi connectivity index (χ0) is 14.2. The van der Waals surface area contributed by atoms with Crippen molar-refractivity contribution >= 4 is 5.71 Å². The summed E-state index contributed by atoms with van der Waals surface area (Å²) < 4.78 is 16.6. The van der Waals surface area contributed by atoms with E-state index in [0.717, 1.165) is 42.9 Å². The van der Waals surface area contributed by atoms with Gasteiger partial charge in [0.15, 0.2) is 11.5 Å². The van der Waals surface area contributed by atoms with Crippen LogP contribution in [0.2, 0.25) is 0 Å². The Kier molecular flexibility index (Phi) is 5.68. The first-order valence-electron chi connectivity index (χ1n) is 6.90. The van der Waals surface area contributed by atoms with Gasteiger partial charge in [-0.2, -0.15) is 0 Å². The predicted octanol–water partition coefficient (Wildman–Crippen LogP) is 2.86. The maximum Gasteiger partial charge on any atom is 0.161 e. The van der Waals surface area contributed by atoms with Crippen LogP contribution >= 0.6 is 0 Å². The summed E-state index contributed by atoms with van der Waals surface area (Å²) in [6, 6.07) is 7.57. The van der Waals surface area contributed by atoms with E-state index in [2.05, 4.69) is 5.16 Å². The molecule has 0 spiro atoms. The third kappa shape index (κ3) is 4.13. The molecule has 1 saturated carbocycles. The van der Waals surface area contributed by atoms with Crippen molar-refractivity contribution in [2.24, 2.45) is 5.16 Å². The largest absolute Gasteiger partial charge is 0.493 e. The molecular formula is C15H21NO4. The highest BCUT2D eigenvalue weighted by atomic mass is 16.5. The number of benzene rings is 1. The van der Waals surface area contributed by atoms with E-state index in [9.17, 15) is 0 Å². The van der Waals surface area contributed by atoms with Gasteiger partial charge in [0.2, 0.25) is 0 Å². The molecule has 1 aromatic carbocycles. The lowest BCUT2D eigenvalue weighted by Gasteiger charge is -2.22. The Hall–Kier alpha value is -1.75. The van der Waals surface area contributed by atoms with Crippen molar-refractivity contribution in [1.29, 1.82) is 0 Å². The van der Waals surface area contributed by atoms with Crippen LogP contribution < -0.4 is 9.47 Å². The molecule has 0 heterocycles. The van der Waals surface area contributed by atoms with Gasteiger partial charge in [0.25, 0.3) is 0 Å². The van der Waals surface area contributed by atoms with Gasteiger partial charge in [-0.1, -0.05) is 17.3 Å². The zero-order valence-corrected chi connectivity index (χ0v) is 11.7. The minimum Gasteiger partial charge on any atom is -0.493 e. The van der Waals surface area contributed by atoms with E-state index < -0.39 is 0 Å². The van der Waals surface area contributed by atoms with Crippen molar-refractivity contribution in [2.75, 3.05) is 20.3 Å². The molecule has 0 radical (unpaired) electrons. The lowest BCUT2D eigenvalue weighted by molar-refractivity contribution is 0.0222. The molecule has 5 nitrogen and oxygen atoms in total. The second-order valence-electron chi connectivity index (χ2n) is 4.74. The molecule has 0 atom stereocenters. The van der Waals surface area contributed by atoms with E-state index >= 15 is 0 Å². The minimum atomic E-state index is 0.238. The summed E-state index contributed by atoms with van der Waals surface area (Å²) in [6.07, 6.45) is 3.69. The molecule has 0 aromatic heterocycles. The first-order valence-corrected chi connectivity index (χ1v) is 6.90. The van der Waals surface area contributed by atoms with Crippen LogP contribution in [0.1, 0.15) is 25.7 Å². The van der Waals surface area contributed by atoms with E-state index in [1.165, 1.54) is 0 Å². The molecule has 20 heavy (non-hydrogen) atoms. The Balaban J connectivity index is 1.67. The minimum absolute atomic E-state index is 0.238. The molecule has 0 aliphatic heterocycles. The summed E-state index contributed by atoms with van der Waals surface area (Å²) in [7, 11) is 1.63. The first-order chi connectivity index (χ1) is 9.83. The van der Waals surface area contributed by atoms with Crippen molar-refractivity contribution in [3.05, 3.63) is 24.3 Å². The van der Waals surface area contributed by atoms with Crippen molar-refractivity contribution in [3.63, 3.8) is 0 Å². The predicted molar refractivity (Wildman–Crippen MR) is 75.9 cm³/mol. The average Bonchev–Trinajstić information content (AvgIpc) is 2.52. The van der Waals surface area contributed by atoms with E-state index in [4.69, 9.17) is 19.4 Å². The quantitative estimate of drug-likeness (QED) is 0.494. The fraction of sp³-hybridized carbons (Fsp3) is 0.533. The Morgan fingerprint density at radius 2 is 1.85 bits per heavy atom. The molecule has 0 amide bonds. The lowest BCUT2D eigenvalue weighted by atomic mass is 9.96. The molecule has 1 fully saturated rings. The van der Waals surface area contributed by atoms with Crippen molar-refractivity contribution in [1.82, 2.24) is 0 Å². The van der Waals surface area contributed by atoms with Gasteiger partial charge in [-0.05, 0) is 37.8 Å². The maximum atomic E-state index is 8.68. The number of nitrogens with zero attached hydrogens (tertiary/aromatic N) is 1. The summed E-state index contributed by atoms with van der Waals surface area (Å²) in [5, 5.41) is 11.9. The lowest BCUT2D eigenvalue weighted by Crippen LogP contribution is -2.23. The van der Waals surface area contributed by atoms with E-state index in [-0.39, 0.29) is 6.10 Å². The van der Waals surface area contributed by atoms with Gasteiger partial charge < -0.3 is 19.4 Å². The summed E-state index contributed by atoms with van der Waals surface area (Å²) >= 11 is 0. The molecule has 1 N–H and O–H groups in total. The van der Waals surface area contributed by atoms with Crippen LogP contribution in [0, 0.1) is 0 Å². The summed E-state index contributed by atoms with van der Waals surface area (Å²) in [5.41, 5.74) is 0.870. The van der Waals surface area contributed by atoms with Gasteiger partial charge in [0, 0.05) is 0 Å². The molecule has 0 unspecified atom stereocenters. The Morgan fingerprint density at radius 3 is 2.50 bits per heavy atom. The smallest absolute Gasteiger partial charge is 0.161 e. The highest BCUT2D eigenvalue weighted by molar-refractivity contribution is 5.84. The first kappa shape index (κ1) is 14.7. The molecule has 1 aliphatic rings. The number of para-hydroxylation sites is 2. The summed E-state index contributed by atoms with van der Waals surface area (Å²) in [5.74, 6) is 1.46. The van der Waals surface area contributed by atoms with Gasteiger partial charge in [0.1, 0.15) is 6.61 Å². The Morgan fingerprint density at radius 1 is 1.15 bits per heavy atom. The molecule has 1 aliphatic carbocycles. The van der Waals surface area contributed by atoms with Crippen LogP contribution in [-0.2, 0) is 4.74 Å². The monoisotopic (exact) mass is 279 g/mol. The molecule has 110 valence electrons. The van der Waals surface area contributed by atoms with E-state index in [0.29, 0.717) is 13.2 Å². The number of methoxy groups -OCH3 is 1. The van der Waals surface area contributed by atoms with Crippen LogP contribution in [-0.4, -0.2) is 37.3 Å². The molecule has 5 heteroatoms. The SMILES string of the molecule is COc1ccccc1OCCOC1CCC(=NO)CC1. The van der Waals surface area contributed by atoms with Crippen LogP contribution in [0.4, 0.5) is 0 Å².